The van der Waals surface area contributed by atoms with E-state index >= 15 is 0 Å². The van der Waals surface area contributed by atoms with Crippen LogP contribution in [0.5, 0.6) is 0 Å². The highest BCUT2D eigenvalue weighted by Crippen LogP contribution is 2.19. The third-order valence-corrected chi connectivity index (χ3v) is 5.44. The first-order valence-electron chi connectivity index (χ1n) is 9.44. The van der Waals surface area contributed by atoms with E-state index in [4.69, 9.17) is 4.98 Å². The Kier molecular flexibility index (Phi) is 5.44. The summed E-state index contributed by atoms with van der Waals surface area (Å²) in [6.07, 6.45) is 5.56. The Balaban J connectivity index is 1.59. The quantitative estimate of drug-likeness (QED) is 0.443. The molecule has 2 heterocycles. The molecule has 0 unspecified atom stereocenters. The first kappa shape index (κ1) is 18.7. The Morgan fingerprint density at radius 1 is 0.893 bits per heavy atom. The predicted molar refractivity (Wildman–Crippen MR) is 118 cm³/mol. The second-order valence-electron chi connectivity index (χ2n) is 7.29. The maximum atomic E-state index is 4.73. The lowest BCUT2D eigenvalue weighted by atomic mass is 9.98. The van der Waals surface area contributed by atoms with Gasteiger partial charge >= 0.3 is 0 Å². The number of benzene rings is 2. The Morgan fingerprint density at radius 3 is 2.04 bits per heavy atom. The van der Waals surface area contributed by atoms with E-state index in [9.17, 15) is 0 Å². The molecule has 0 saturated heterocycles. The average molecular weight is 435 g/mol. The van der Waals surface area contributed by atoms with E-state index in [-0.39, 0.29) is 6.04 Å². The number of nitrogens with zero attached hydrogens (tertiary/aromatic N) is 3. The average Bonchev–Trinajstić information content (AvgIpc) is 3.06. The van der Waals surface area contributed by atoms with E-state index in [0.29, 0.717) is 0 Å². The molecule has 2 aromatic carbocycles. The molecule has 4 aromatic rings. The molecule has 142 valence electrons. The van der Waals surface area contributed by atoms with Crippen LogP contribution in [0.25, 0.3) is 5.65 Å². The van der Waals surface area contributed by atoms with Gasteiger partial charge in [0.25, 0.3) is 0 Å². The molecule has 5 heteroatoms. The van der Waals surface area contributed by atoms with E-state index in [1.807, 2.05) is 12.3 Å². The van der Waals surface area contributed by atoms with Crippen molar-refractivity contribution in [1.82, 2.24) is 14.6 Å². The van der Waals surface area contributed by atoms with Crippen molar-refractivity contribution in [3.63, 3.8) is 0 Å². The zero-order valence-electron chi connectivity index (χ0n) is 16.1. The maximum Gasteiger partial charge on any atom is 0.171 e. The smallest absolute Gasteiger partial charge is 0.171 e. The summed E-state index contributed by atoms with van der Waals surface area (Å²) in [4.78, 5) is 4.73. The number of nitrogens with one attached hydrogen (secondary N) is 1. The fourth-order valence-electron chi connectivity index (χ4n) is 3.32. The summed E-state index contributed by atoms with van der Waals surface area (Å²) >= 11 is 3.51. The topological polar surface area (TPSA) is 42.2 Å². The Bertz CT molecular complexity index is 1020. The molecule has 4 nitrogen and oxygen atoms in total. The van der Waals surface area contributed by atoms with Crippen LogP contribution in [0.4, 0.5) is 5.82 Å². The van der Waals surface area contributed by atoms with Gasteiger partial charge in [-0.15, -0.1) is 0 Å². The predicted octanol–water partition coefficient (Wildman–Crippen LogP) is 5.37. The molecule has 0 aliphatic carbocycles. The highest BCUT2D eigenvalue weighted by Gasteiger charge is 2.13. The molecule has 0 radical (unpaired) electrons. The third-order valence-electron chi connectivity index (χ3n) is 4.88. The van der Waals surface area contributed by atoms with E-state index in [0.717, 1.165) is 28.8 Å². The fourth-order valence-corrected chi connectivity index (χ4v) is 3.68. The molecule has 0 saturated carbocycles. The number of anilines is 1. The van der Waals surface area contributed by atoms with Gasteiger partial charge in [-0.1, -0.05) is 59.7 Å². The molecule has 0 bridgehead atoms. The van der Waals surface area contributed by atoms with Crippen LogP contribution in [-0.2, 0) is 12.8 Å². The van der Waals surface area contributed by atoms with Crippen LogP contribution in [0.3, 0.4) is 0 Å². The second kappa shape index (κ2) is 8.15. The number of hydrogen-bond acceptors (Lipinski definition) is 3. The second-order valence-corrected chi connectivity index (χ2v) is 8.15. The number of aromatic nitrogens is 3. The minimum atomic E-state index is 0.238. The zero-order chi connectivity index (χ0) is 19.5. The largest absolute Gasteiger partial charge is 0.367 e. The van der Waals surface area contributed by atoms with Gasteiger partial charge in [-0.2, -0.15) is 5.10 Å². The first-order chi connectivity index (χ1) is 13.6. The lowest BCUT2D eigenvalue weighted by Gasteiger charge is -2.20. The molecule has 0 aliphatic rings. The molecule has 1 N–H and O–H groups in total. The van der Waals surface area contributed by atoms with Crippen LogP contribution < -0.4 is 5.32 Å². The molecular weight excluding hydrogens is 412 g/mol. The summed E-state index contributed by atoms with van der Waals surface area (Å²) in [5.41, 5.74) is 6.02. The molecule has 0 spiro atoms. The molecule has 28 heavy (non-hydrogen) atoms. The van der Waals surface area contributed by atoms with Crippen molar-refractivity contribution >= 4 is 27.4 Å². The van der Waals surface area contributed by atoms with Crippen LogP contribution >= 0.6 is 15.9 Å². The molecule has 0 amide bonds. The number of aryl methyl sites for hydroxylation is 2. The van der Waals surface area contributed by atoms with Crippen molar-refractivity contribution < 1.29 is 0 Å². The van der Waals surface area contributed by atoms with Gasteiger partial charge in [-0.05, 0) is 59.8 Å². The van der Waals surface area contributed by atoms with E-state index < -0.39 is 0 Å². The monoisotopic (exact) mass is 434 g/mol. The first-order valence-corrected chi connectivity index (χ1v) is 10.2. The van der Waals surface area contributed by atoms with Crippen LogP contribution in [0.2, 0.25) is 0 Å². The lowest BCUT2D eigenvalue weighted by Crippen LogP contribution is -2.25. The van der Waals surface area contributed by atoms with Crippen molar-refractivity contribution in [2.75, 3.05) is 5.32 Å². The molecular formula is C23H23BrN4. The summed E-state index contributed by atoms with van der Waals surface area (Å²) in [6, 6.07) is 19.8. The molecule has 4 rings (SSSR count). The van der Waals surface area contributed by atoms with Crippen LogP contribution in [0.1, 0.15) is 22.3 Å². The number of halogens is 1. The minimum absolute atomic E-state index is 0.238. The highest BCUT2D eigenvalue weighted by molar-refractivity contribution is 9.10. The molecule has 0 aliphatic heterocycles. The number of rotatable bonds is 6. The maximum absolute atomic E-state index is 4.73. The van der Waals surface area contributed by atoms with E-state index in [1.165, 1.54) is 22.3 Å². The van der Waals surface area contributed by atoms with Gasteiger partial charge < -0.3 is 5.32 Å². The van der Waals surface area contributed by atoms with Gasteiger partial charge in [-0.3, -0.25) is 0 Å². The van der Waals surface area contributed by atoms with Crippen LogP contribution in [0.15, 0.2) is 71.5 Å². The SMILES string of the molecule is Cc1ccc(CC(Cc2ccc(C)cc2)Nc2ccn3ncc(Br)c3n2)cc1. The lowest BCUT2D eigenvalue weighted by molar-refractivity contribution is 0.706. The zero-order valence-corrected chi connectivity index (χ0v) is 17.6. The third kappa shape index (κ3) is 4.42. The highest BCUT2D eigenvalue weighted by atomic mass is 79.9. The van der Waals surface area contributed by atoms with Crippen molar-refractivity contribution in [2.24, 2.45) is 0 Å². The molecule has 0 fully saturated rings. The van der Waals surface area contributed by atoms with Crippen molar-refractivity contribution in [3.8, 4) is 0 Å². The molecule has 0 atom stereocenters. The van der Waals surface area contributed by atoms with Gasteiger partial charge in [0.05, 0.1) is 10.7 Å². The summed E-state index contributed by atoms with van der Waals surface area (Å²) in [5, 5.41) is 7.91. The van der Waals surface area contributed by atoms with E-state index in [1.54, 1.807) is 10.7 Å². The van der Waals surface area contributed by atoms with Gasteiger partial charge in [-0.25, -0.2) is 9.50 Å². The minimum Gasteiger partial charge on any atom is -0.367 e. The fraction of sp³-hybridized carbons (Fsp3) is 0.217. The Hall–Kier alpha value is -2.66. The van der Waals surface area contributed by atoms with Gasteiger partial charge in [0.15, 0.2) is 5.65 Å². The summed E-state index contributed by atoms with van der Waals surface area (Å²) in [7, 11) is 0. The van der Waals surface area contributed by atoms with Gasteiger partial charge in [0.2, 0.25) is 0 Å². The summed E-state index contributed by atoms with van der Waals surface area (Å²) in [5.74, 6) is 0.859. The standard InChI is InChI=1S/C23H23BrN4/c1-16-3-7-18(8-4-16)13-20(14-19-9-5-17(2)6-10-19)26-22-11-12-28-23(27-22)21(24)15-25-28/h3-12,15,20H,13-14H2,1-2H3,(H,26,27). The summed E-state index contributed by atoms with van der Waals surface area (Å²) in [6.45, 7) is 4.24. The van der Waals surface area contributed by atoms with Gasteiger partial charge in [0, 0.05) is 12.2 Å². The van der Waals surface area contributed by atoms with Crippen molar-refractivity contribution in [3.05, 3.63) is 93.7 Å². The normalized spacial score (nSPS) is 11.3. The number of hydrogen-bond donors (Lipinski definition) is 1. The molecule has 2 aromatic heterocycles. The number of fused-ring (bicyclic) bond motifs is 1. The van der Waals surface area contributed by atoms with Crippen molar-refractivity contribution in [1.29, 1.82) is 0 Å². The van der Waals surface area contributed by atoms with E-state index in [2.05, 4.69) is 88.7 Å². The Labute approximate surface area is 173 Å². The Morgan fingerprint density at radius 2 is 1.46 bits per heavy atom. The van der Waals surface area contributed by atoms with Crippen LogP contribution in [-0.4, -0.2) is 20.6 Å². The van der Waals surface area contributed by atoms with Crippen molar-refractivity contribution in [2.45, 2.75) is 32.7 Å². The van der Waals surface area contributed by atoms with Gasteiger partial charge in [0.1, 0.15) is 5.82 Å². The summed E-state index contributed by atoms with van der Waals surface area (Å²) < 4.78 is 2.66. The van der Waals surface area contributed by atoms with Crippen LogP contribution in [0, 0.1) is 13.8 Å².